The number of carbonyl (C=O) groups excluding carboxylic acids is 3. The van der Waals surface area contributed by atoms with Crippen molar-refractivity contribution < 1.29 is 19.1 Å². The highest BCUT2D eigenvalue weighted by Crippen LogP contribution is 2.58. The number of nitrogens with zero attached hydrogens (tertiary/aromatic N) is 2. The molecule has 0 radical (unpaired) electrons. The molecule has 40 heavy (non-hydrogen) atoms. The van der Waals surface area contributed by atoms with Gasteiger partial charge >= 0.3 is 0 Å². The number of carbonyl (C=O) groups is 3. The van der Waals surface area contributed by atoms with Gasteiger partial charge in [-0.1, -0.05) is 84.4 Å². The topological polar surface area (TPSA) is 92.9 Å². The van der Waals surface area contributed by atoms with Crippen molar-refractivity contribution in [3.63, 3.8) is 0 Å². The number of ether oxygens (including phenoxy) is 1. The van der Waals surface area contributed by atoms with Gasteiger partial charge in [0.15, 0.2) is 0 Å². The lowest BCUT2D eigenvalue weighted by Gasteiger charge is -2.52. The highest BCUT2D eigenvalue weighted by molar-refractivity contribution is 9.10. The second kappa shape index (κ2) is 11.8. The molecule has 3 atom stereocenters. The van der Waals surface area contributed by atoms with E-state index in [9.17, 15) is 14.4 Å². The molecule has 0 aliphatic carbocycles. The van der Waals surface area contributed by atoms with E-state index in [1.807, 2.05) is 43.3 Å². The van der Waals surface area contributed by atoms with Crippen molar-refractivity contribution >= 4 is 59.0 Å². The van der Waals surface area contributed by atoms with Crippen LogP contribution in [0.15, 0.2) is 59.1 Å². The number of piperidine rings is 1. The first-order chi connectivity index (χ1) is 18.8. The molecule has 0 aromatic heterocycles. The van der Waals surface area contributed by atoms with E-state index in [1.165, 1.54) is 4.90 Å². The van der Waals surface area contributed by atoms with Crippen molar-refractivity contribution in [2.75, 3.05) is 24.8 Å². The Morgan fingerprint density at radius 2 is 1.95 bits per heavy atom. The first kappa shape index (κ1) is 30.5. The van der Waals surface area contributed by atoms with Crippen LogP contribution < -0.4 is 10.6 Å². The predicted molar refractivity (Wildman–Crippen MR) is 165 cm³/mol. The van der Waals surface area contributed by atoms with Crippen LogP contribution in [0.2, 0.25) is 30.7 Å². The number of benzene rings is 2. The molecule has 2 N–H and O–H groups in total. The molecule has 3 amide bonds. The van der Waals surface area contributed by atoms with Crippen LogP contribution in [0.1, 0.15) is 36.8 Å². The van der Waals surface area contributed by atoms with Gasteiger partial charge in [-0.3, -0.25) is 19.3 Å². The molecular formula is C30H37BrClN3O4Si. The molecule has 1 spiro atoms. The SMILES string of the molecule is C=C(CC)[C@H]1N(CC(N)=O)C(=O)C[C@@H](c2cccc(Cl)c2)[C@]12C(=O)N(COCC[Si](C)(C)C)c1cc(Br)ccc12. The van der Waals surface area contributed by atoms with Crippen LogP contribution in [-0.2, 0) is 24.5 Å². The van der Waals surface area contributed by atoms with Crippen molar-refractivity contribution in [3.05, 3.63) is 75.2 Å². The maximum Gasteiger partial charge on any atom is 0.242 e. The summed E-state index contributed by atoms with van der Waals surface area (Å²) in [6.07, 6.45) is 0.510. The molecular weight excluding hydrogens is 610 g/mol. The predicted octanol–water partition coefficient (Wildman–Crippen LogP) is 5.84. The van der Waals surface area contributed by atoms with E-state index >= 15 is 0 Å². The van der Waals surface area contributed by atoms with Gasteiger partial charge in [0.25, 0.3) is 0 Å². The molecule has 1 fully saturated rings. The van der Waals surface area contributed by atoms with E-state index < -0.39 is 31.4 Å². The number of rotatable bonds is 10. The number of hydrogen-bond donors (Lipinski definition) is 1. The fourth-order valence-electron chi connectivity index (χ4n) is 6.01. The molecule has 2 heterocycles. The molecule has 7 nitrogen and oxygen atoms in total. The monoisotopic (exact) mass is 645 g/mol. The van der Waals surface area contributed by atoms with Crippen LogP contribution in [0.3, 0.4) is 0 Å². The van der Waals surface area contributed by atoms with Crippen molar-refractivity contribution in [2.45, 2.75) is 62.8 Å². The molecule has 2 aromatic carbocycles. The van der Waals surface area contributed by atoms with Crippen molar-refractivity contribution in [1.82, 2.24) is 4.90 Å². The molecule has 2 aromatic rings. The van der Waals surface area contributed by atoms with Gasteiger partial charge in [-0.05, 0) is 47.9 Å². The molecule has 0 bridgehead atoms. The summed E-state index contributed by atoms with van der Waals surface area (Å²) in [6, 6.07) is 13.2. The van der Waals surface area contributed by atoms with Gasteiger partial charge in [0.2, 0.25) is 17.7 Å². The van der Waals surface area contributed by atoms with E-state index in [1.54, 1.807) is 11.0 Å². The second-order valence-electron chi connectivity index (χ2n) is 11.8. The van der Waals surface area contributed by atoms with Crippen LogP contribution in [0.4, 0.5) is 5.69 Å². The Labute approximate surface area is 250 Å². The lowest BCUT2D eigenvalue weighted by atomic mass is 9.58. The largest absolute Gasteiger partial charge is 0.368 e. The van der Waals surface area contributed by atoms with Crippen LogP contribution in [0.25, 0.3) is 0 Å². The number of fused-ring (bicyclic) bond motifs is 2. The first-order valence-corrected chi connectivity index (χ1v) is 18.4. The Bertz CT molecular complexity index is 1350. The zero-order chi connectivity index (χ0) is 29.4. The van der Waals surface area contributed by atoms with Crippen LogP contribution in [-0.4, -0.2) is 56.6 Å². The summed E-state index contributed by atoms with van der Waals surface area (Å²) in [5, 5.41) is 0.513. The van der Waals surface area contributed by atoms with Gasteiger partial charge in [-0.15, -0.1) is 0 Å². The summed E-state index contributed by atoms with van der Waals surface area (Å²) in [5.74, 6) is -1.66. The van der Waals surface area contributed by atoms with Gasteiger partial charge in [0.1, 0.15) is 12.1 Å². The number of hydrogen-bond acceptors (Lipinski definition) is 4. The summed E-state index contributed by atoms with van der Waals surface area (Å²) >= 11 is 10.0. The van der Waals surface area contributed by atoms with Crippen molar-refractivity contribution in [2.24, 2.45) is 5.73 Å². The van der Waals surface area contributed by atoms with E-state index in [4.69, 9.17) is 22.1 Å². The Morgan fingerprint density at radius 3 is 2.58 bits per heavy atom. The van der Waals surface area contributed by atoms with Crippen molar-refractivity contribution in [3.8, 4) is 0 Å². The fraction of sp³-hybridized carbons (Fsp3) is 0.433. The number of primary amides is 1. The molecule has 4 rings (SSSR count). The maximum absolute atomic E-state index is 15.0. The average Bonchev–Trinajstić information content (AvgIpc) is 3.10. The van der Waals surface area contributed by atoms with E-state index in [2.05, 4.69) is 42.1 Å². The molecule has 2 aliphatic heterocycles. The second-order valence-corrected chi connectivity index (χ2v) is 18.8. The van der Waals surface area contributed by atoms with Gasteiger partial charge < -0.3 is 15.4 Å². The summed E-state index contributed by atoms with van der Waals surface area (Å²) in [4.78, 5) is 44.1. The number of halogens is 2. The quantitative estimate of drug-likeness (QED) is 0.200. The van der Waals surface area contributed by atoms with E-state index in [-0.39, 0.29) is 31.5 Å². The van der Waals surface area contributed by atoms with Crippen LogP contribution in [0, 0.1) is 0 Å². The molecule has 0 unspecified atom stereocenters. The van der Waals surface area contributed by atoms with Crippen molar-refractivity contribution in [1.29, 1.82) is 0 Å². The minimum Gasteiger partial charge on any atom is -0.368 e. The standard InChI is InChI=1S/C30H37BrClN3O4Si/c1-6-19(2)28-30(24(20-8-7-9-22(32)14-20)16-27(37)34(28)17-26(33)36)23-11-10-21(31)15-25(23)35(29(30)38)18-39-12-13-40(3,4)5/h7-11,14-15,24,28H,2,6,12-13,16-18H2,1,3-5H3,(H2,33,36)/t24-,28+,30-/m0/s1. The Balaban J connectivity index is 1.95. The highest BCUT2D eigenvalue weighted by atomic mass is 79.9. The highest BCUT2D eigenvalue weighted by Gasteiger charge is 2.65. The molecule has 1 saturated heterocycles. The lowest BCUT2D eigenvalue weighted by molar-refractivity contribution is -0.147. The van der Waals surface area contributed by atoms with E-state index in [0.717, 1.165) is 21.6 Å². The Hall–Kier alpha value is -2.46. The van der Waals surface area contributed by atoms with Crippen LogP contribution >= 0.6 is 27.5 Å². The summed E-state index contributed by atoms with van der Waals surface area (Å²) in [7, 11) is -1.34. The number of amides is 3. The van der Waals surface area contributed by atoms with Gasteiger partial charge in [0.05, 0.1) is 18.3 Å². The van der Waals surface area contributed by atoms with Gasteiger partial charge in [-0.25, -0.2) is 0 Å². The summed E-state index contributed by atoms with van der Waals surface area (Å²) in [5.41, 5.74) is 7.29. The minimum absolute atomic E-state index is 0.00663. The average molecular weight is 647 g/mol. The fourth-order valence-corrected chi connectivity index (χ4v) is 7.31. The number of anilines is 1. The number of likely N-dealkylation sites (tertiary alicyclic amines) is 1. The summed E-state index contributed by atoms with van der Waals surface area (Å²) in [6.45, 7) is 13.4. The summed E-state index contributed by atoms with van der Waals surface area (Å²) < 4.78 is 6.93. The number of nitrogens with two attached hydrogens (primary N) is 1. The smallest absolute Gasteiger partial charge is 0.242 e. The van der Waals surface area contributed by atoms with Gasteiger partial charge in [-0.2, -0.15) is 0 Å². The van der Waals surface area contributed by atoms with E-state index in [0.29, 0.717) is 29.3 Å². The molecule has 2 aliphatic rings. The third kappa shape index (κ3) is 5.66. The normalized spacial score (nSPS) is 22.6. The Kier molecular flexibility index (Phi) is 8.99. The molecule has 10 heteroatoms. The minimum atomic E-state index is -1.34. The zero-order valence-electron chi connectivity index (χ0n) is 23.5. The third-order valence-electron chi connectivity index (χ3n) is 7.92. The molecule has 0 saturated carbocycles. The third-order valence-corrected chi connectivity index (χ3v) is 10.4. The maximum atomic E-state index is 15.0. The molecule has 214 valence electrons. The first-order valence-electron chi connectivity index (χ1n) is 13.5. The lowest BCUT2D eigenvalue weighted by Crippen LogP contribution is -2.65. The zero-order valence-corrected chi connectivity index (χ0v) is 26.8. The Morgan fingerprint density at radius 1 is 1.23 bits per heavy atom. The van der Waals surface area contributed by atoms with Gasteiger partial charge in [0, 0.05) is 36.5 Å². The van der Waals surface area contributed by atoms with Crippen LogP contribution in [0.5, 0.6) is 0 Å².